The Balaban J connectivity index is 1.58. The van der Waals surface area contributed by atoms with Crippen molar-refractivity contribution in [3.63, 3.8) is 0 Å². The SMILES string of the molecule is Cc1ccc(F)c(NC(=O)C(=O)NCCc2c[nH]c3cccc(C)c23)c1. The van der Waals surface area contributed by atoms with Gasteiger partial charge in [0.1, 0.15) is 5.82 Å². The molecule has 1 aromatic heterocycles. The van der Waals surface area contributed by atoms with E-state index in [0.29, 0.717) is 13.0 Å². The first kappa shape index (κ1) is 17.7. The summed E-state index contributed by atoms with van der Waals surface area (Å²) in [5, 5.41) is 6.01. The first-order chi connectivity index (χ1) is 12.5. The first-order valence-corrected chi connectivity index (χ1v) is 8.36. The second-order valence-electron chi connectivity index (χ2n) is 6.25. The van der Waals surface area contributed by atoms with E-state index in [1.165, 1.54) is 12.1 Å². The maximum Gasteiger partial charge on any atom is 0.313 e. The van der Waals surface area contributed by atoms with Gasteiger partial charge < -0.3 is 15.6 Å². The lowest BCUT2D eigenvalue weighted by Gasteiger charge is -2.08. The number of amides is 2. The molecule has 0 saturated heterocycles. The molecule has 3 rings (SSSR count). The molecule has 0 fully saturated rings. The van der Waals surface area contributed by atoms with Gasteiger partial charge in [-0.15, -0.1) is 0 Å². The van der Waals surface area contributed by atoms with Crippen LogP contribution in [-0.4, -0.2) is 23.3 Å². The fraction of sp³-hybridized carbons (Fsp3) is 0.200. The molecule has 3 aromatic rings. The van der Waals surface area contributed by atoms with E-state index in [1.807, 2.05) is 31.3 Å². The fourth-order valence-electron chi connectivity index (χ4n) is 2.95. The van der Waals surface area contributed by atoms with Crippen molar-refractivity contribution >= 4 is 28.4 Å². The maximum absolute atomic E-state index is 13.7. The smallest absolute Gasteiger partial charge is 0.313 e. The molecule has 26 heavy (non-hydrogen) atoms. The van der Waals surface area contributed by atoms with Crippen LogP contribution < -0.4 is 10.6 Å². The Bertz CT molecular complexity index is 978. The van der Waals surface area contributed by atoms with Gasteiger partial charge in [-0.1, -0.05) is 18.2 Å². The van der Waals surface area contributed by atoms with Crippen molar-refractivity contribution in [2.24, 2.45) is 0 Å². The molecular weight excluding hydrogens is 333 g/mol. The quantitative estimate of drug-likeness (QED) is 0.630. The highest BCUT2D eigenvalue weighted by atomic mass is 19.1. The molecule has 0 aliphatic rings. The summed E-state index contributed by atoms with van der Waals surface area (Å²) in [6, 6.07) is 10.3. The van der Waals surface area contributed by atoms with Crippen LogP contribution in [0.1, 0.15) is 16.7 Å². The topological polar surface area (TPSA) is 74.0 Å². The molecule has 0 radical (unpaired) electrons. The van der Waals surface area contributed by atoms with Crippen molar-refractivity contribution < 1.29 is 14.0 Å². The molecule has 0 unspecified atom stereocenters. The number of H-pyrrole nitrogens is 1. The molecule has 0 aliphatic heterocycles. The van der Waals surface area contributed by atoms with Crippen LogP contribution >= 0.6 is 0 Å². The number of aryl methyl sites for hydroxylation is 2. The zero-order valence-electron chi connectivity index (χ0n) is 14.7. The summed E-state index contributed by atoms with van der Waals surface area (Å²) < 4.78 is 13.7. The summed E-state index contributed by atoms with van der Waals surface area (Å²) >= 11 is 0. The molecule has 1 heterocycles. The van der Waals surface area contributed by atoms with Crippen LogP contribution in [0.5, 0.6) is 0 Å². The Hall–Kier alpha value is -3.15. The normalized spacial score (nSPS) is 10.7. The van der Waals surface area contributed by atoms with E-state index in [9.17, 15) is 14.0 Å². The number of anilines is 1. The molecule has 0 aliphatic carbocycles. The highest BCUT2D eigenvalue weighted by Gasteiger charge is 2.15. The summed E-state index contributed by atoms with van der Waals surface area (Å²) in [5.74, 6) is -2.25. The summed E-state index contributed by atoms with van der Waals surface area (Å²) in [7, 11) is 0. The molecule has 6 heteroatoms. The fourth-order valence-corrected chi connectivity index (χ4v) is 2.95. The zero-order valence-corrected chi connectivity index (χ0v) is 14.7. The molecule has 0 atom stereocenters. The average Bonchev–Trinajstić information content (AvgIpc) is 3.02. The van der Waals surface area contributed by atoms with E-state index in [4.69, 9.17) is 0 Å². The number of rotatable bonds is 4. The standard InChI is InChI=1S/C20H20FN3O2/c1-12-6-7-15(21)17(10-12)24-20(26)19(25)22-9-8-14-11-23-16-5-3-4-13(2)18(14)16/h3-7,10-11,23H,8-9H2,1-2H3,(H,22,25)(H,24,26). The Morgan fingerprint density at radius 2 is 1.92 bits per heavy atom. The number of benzene rings is 2. The third kappa shape index (κ3) is 3.74. The van der Waals surface area contributed by atoms with Crippen molar-refractivity contribution in [3.8, 4) is 0 Å². The number of nitrogens with one attached hydrogen (secondary N) is 3. The molecule has 0 bridgehead atoms. The van der Waals surface area contributed by atoms with Gasteiger partial charge in [0.15, 0.2) is 0 Å². The summed E-state index contributed by atoms with van der Waals surface area (Å²) in [6.07, 6.45) is 2.49. The van der Waals surface area contributed by atoms with Gasteiger partial charge in [-0.3, -0.25) is 9.59 Å². The molecule has 0 spiro atoms. The second kappa shape index (κ2) is 7.39. The number of halogens is 1. The van der Waals surface area contributed by atoms with E-state index in [-0.39, 0.29) is 5.69 Å². The molecule has 5 nitrogen and oxygen atoms in total. The molecule has 2 aromatic carbocycles. The van der Waals surface area contributed by atoms with Crippen molar-refractivity contribution in [2.45, 2.75) is 20.3 Å². The number of fused-ring (bicyclic) bond motifs is 1. The van der Waals surface area contributed by atoms with Crippen LogP contribution in [0.15, 0.2) is 42.6 Å². The van der Waals surface area contributed by atoms with Gasteiger partial charge >= 0.3 is 11.8 Å². The van der Waals surface area contributed by atoms with E-state index in [0.717, 1.165) is 27.6 Å². The Kier molecular flexibility index (Phi) is 5.02. The third-order valence-corrected chi connectivity index (χ3v) is 4.25. The third-order valence-electron chi connectivity index (χ3n) is 4.25. The minimum atomic E-state index is -0.885. The van der Waals surface area contributed by atoms with Crippen LogP contribution in [0.4, 0.5) is 10.1 Å². The predicted molar refractivity (Wildman–Crippen MR) is 99.5 cm³/mol. The molecule has 0 saturated carbocycles. The minimum absolute atomic E-state index is 0.00240. The van der Waals surface area contributed by atoms with Crippen molar-refractivity contribution in [1.29, 1.82) is 0 Å². The molecular formula is C20H20FN3O2. The van der Waals surface area contributed by atoms with Crippen molar-refractivity contribution in [2.75, 3.05) is 11.9 Å². The lowest BCUT2D eigenvalue weighted by atomic mass is 10.1. The molecule has 134 valence electrons. The van der Waals surface area contributed by atoms with Crippen LogP contribution in [0.2, 0.25) is 0 Å². The maximum atomic E-state index is 13.7. The Morgan fingerprint density at radius 1 is 1.12 bits per heavy atom. The Morgan fingerprint density at radius 3 is 2.73 bits per heavy atom. The van der Waals surface area contributed by atoms with Crippen molar-refractivity contribution in [3.05, 3.63) is 65.1 Å². The van der Waals surface area contributed by atoms with Crippen molar-refractivity contribution in [1.82, 2.24) is 10.3 Å². The number of hydrogen-bond acceptors (Lipinski definition) is 2. The minimum Gasteiger partial charge on any atom is -0.361 e. The van der Waals surface area contributed by atoms with E-state index >= 15 is 0 Å². The van der Waals surface area contributed by atoms with Gasteiger partial charge in [-0.05, 0) is 55.2 Å². The summed E-state index contributed by atoms with van der Waals surface area (Å²) in [5.41, 5.74) is 4.05. The number of aromatic nitrogens is 1. The second-order valence-corrected chi connectivity index (χ2v) is 6.25. The molecule has 2 amide bonds. The van der Waals surface area contributed by atoms with E-state index in [2.05, 4.69) is 15.6 Å². The predicted octanol–water partition coefficient (Wildman–Crippen LogP) is 3.22. The average molecular weight is 353 g/mol. The summed E-state index contributed by atoms with van der Waals surface area (Å²) in [4.78, 5) is 27.1. The van der Waals surface area contributed by atoms with E-state index < -0.39 is 17.6 Å². The number of carbonyl (C=O) groups excluding carboxylic acids is 2. The highest BCUT2D eigenvalue weighted by Crippen LogP contribution is 2.22. The zero-order chi connectivity index (χ0) is 18.7. The largest absolute Gasteiger partial charge is 0.361 e. The van der Waals surface area contributed by atoms with Gasteiger partial charge in [0.05, 0.1) is 5.69 Å². The van der Waals surface area contributed by atoms with Crippen LogP contribution in [-0.2, 0) is 16.0 Å². The number of aromatic amines is 1. The van der Waals surface area contributed by atoms with Gasteiger partial charge in [0.2, 0.25) is 0 Å². The van der Waals surface area contributed by atoms with Gasteiger partial charge in [0, 0.05) is 23.6 Å². The lowest BCUT2D eigenvalue weighted by Crippen LogP contribution is -2.36. The molecule has 3 N–H and O–H groups in total. The van der Waals surface area contributed by atoms with Crippen LogP contribution in [0, 0.1) is 19.7 Å². The van der Waals surface area contributed by atoms with E-state index in [1.54, 1.807) is 13.0 Å². The lowest BCUT2D eigenvalue weighted by molar-refractivity contribution is -0.136. The highest BCUT2D eigenvalue weighted by molar-refractivity contribution is 6.39. The monoisotopic (exact) mass is 353 g/mol. The van der Waals surface area contributed by atoms with Gasteiger partial charge in [0.25, 0.3) is 0 Å². The number of hydrogen-bond donors (Lipinski definition) is 3. The van der Waals surface area contributed by atoms with Crippen LogP contribution in [0.25, 0.3) is 10.9 Å². The van der Waals surface area contributed by atoms with Crippen LogP contribution in [0.3, 0.4) is 0 Å². The van der Waals surface area contributed by atoms with Gasteiger partial charge in [-0.2, -0.15) is 0 Å². The summed E-state index contributed by atoms with van der Waals surface area (Å²) in [6.45, 7) is 4.12. The Labute approximate surface area is 150 Å². The first-order valence-electron chi connectivity index (χ1n) is 8.36. The van der Waals surface area contributed by atoms with Gasteiger partial charge in [-0.25, -0.2) is 4.39 Å². The number of carbonyl (C=O) groups is 2.